The lowest BCUT2D eigenvalue weighted by molar-refractivity contribution is -0.0370. The van der Waals surface area contributed by atoms with E-state index >= 15 is 0 Å². The molecule has 13 heavy (non-hydrogen) atoms. The molecule has 1 spiro atoms. The van der Waals surface area contributed by atoms with Crippen molar-refractivity contribution in [2.75, 3.05) is 33.2 Å². The van der Waals surface area contributed by atoms with Gasteiger partial charge in [-0.2, -0.15) is 0 Å². The molecule has 2 saturated heterocycles. The van der Waals surface area contributed by atoms with Crippen LogP contribution >= 0.6 is 0 Å². The Kier molecular flexibility index (Phi) is 2.37. The van der Waals surface area contributed by atoms with Gasteiger partial charge in [-0.25, -0.2) is 0 Å². The van der Waals surface area contributed by atoms with Crippen molar-refractivity contribution in [3.05, 3.63) is 0 Å². The molecule has 0 bridgehead atoms. The quantitative estimate of drug-likeness (QED) is 0.605. The van der Waals surface area contributed by atoms with Crippen molar-refractivity contribution in [2.45, 2.75) is 32.7 Å². The number of rotatable bonds is 1. The molecule has 0 atom stereocenters. The van der Waals surface area contributed by atoms with Crippen molar-refractivity contribution in [3.8, 4) is 0 Å². The first-order valence-corrected chi connectivity index (χ1v) is 5.54. The van der Waals surface area contributed by atoms with Gasteiger partial charge in [-0.3, -0.25) is 0 Å². The summed E-state index contributed by atoms with van der Waals surface area (Å²) in [5, 5.41) is 0. The van der Waals surface area contributed by atoms with Crippen LogP contribution in [-0.2, 0) is 0 Å². The molecule has 0 aromatic carbocycles. The summed E-state index contributed by atoms with van der Waals surface area (Å²) in [6, 6.07) is 0.746. The third kappa shape index (κ3) is 1.75. The van der Waals surface area contributed by atoms with E-state index in [2.05, 4.69) is 30.7 Å². The fraction of sp³-hybridized carbons (Fsp3) is 1.00. The molecule has 0 aliphatic carbocycles. The van der Waals surface area contributed by atoms with Gasteiger partial charge in [-0.15, -0.1) is 0 Å². The maximum atomic E-state index is 2.61. The lowest BCUT2D eigenvalue weighted by atomic mass is 9.72. The van der Waals surface area contributed by atoms with E-state index in [-0.39, 0.29) is 0 Å². The van der Waals surface area contributed by atoms with Crippen LogP contribution in [-0.4, -0.2) is 49.1 Å². The van der Waals surface area contributed by atoms with Gasteiger partial charge in [-0.05, 0) is 52.2 Å². The van der Waals surface area contributed by atoms with Crippen LogP contribution in [0.1, 0.15) is 26.7 Å². The van der Waals surface area contributed by atoms with E-state index in [1.165, 1.54) is 39.0 Å². The molecule has 0 aromatic heterocycles. The number of nitrogens with zero attached hydrogens (tertiary/aromatic N) is 2. The maximum Gasteiger partial charge on any atom is 0.00484 e. The molecule has 2 aliphatic rings. The molecule has 2 rings (SSSR count). The van der Waals surface area contributed by atoms with Gasteiger partial charge >= 0.3 is 0 Å². The zero-order valence-corrected chi connectivity index (χ0v) is 9.21. The largest absolute Gasteiger partial charge is 0.305 e. The SMILES string of the molecule is CC(C)N1CCC2(CC1)CN(C)C2. The molecule has 0 unspecified atom stereocenters. The highest BCUT2D eigenvalue weighted by atomic mass is 15.2. The van der Waals surface area contributed by atoms with E-state index in [1.54, 1.807) is 0 Å². The standard InChI is InChI=1S/C11H22N2/c1-10(2)13-6-4-11(5-7-13)8-12(3)9-11/h10H,4-9H2,1-3H3. The highest BCUT2D eigenvalue weighted by molar-refractivity contribution is 4.97. The first kappa shape index (κ1) is 9.47. The molecule has 76 valence electrons. The minimum atomic E-state index is 0.722. The fourth-order valence-corrected chi connectivity index (χ4v) is 2.93. The van der Waals surface area contributed by atoms with Crippen molar-refractivity contribution >= 4 is 0 Å². The van der Waals surface area contributed by atoms with Crippen LogP contribution in [0.4, 0.5) is 0 Å². The molecule has 2 fully saturated rings. The summed E-state index contributed by atoms with van der Waals surface area (Å²) in [6.45, 7) is 9.96. The van der Waals surface area contributed by atoms with Gasteiger partial charge in [0.05, 0.1) is 0 Å². The Morgan fingerprint density at radius 3 is 2.00 bits per heavy atom. The summed E-state index contributed by atoms with van der Waals surface area (Å²) in [5.41, 5.74) is 0.722. The predicted octanol–water partition coefficient (Wildman–Crippen LogP) is 1.42. The van der Waals surface area contributed by atoms with E-state index in [0.717, 1.165) is 11.5 Å². The summed E-state index contributed by atoms with van der Waals surface area (Å²) in [6.07, 6.45) is 2.85. The van der Waals surface area contributed by atoms with E-state index in [9.17, 15) is 0 Å². The van der Waals surface area contributed by atoms with E-state index in [0.29, 0.717) is 0 Å². The number of piperidine rings is 1. The number of hydrogen-bond donors (Lipinski definition) is 0. The predicted molar refractivity (Wildman–Crippen MR) is 55.9 cm³/mol. The summed E-state index contributed by atoms with van der Waals surface area (Å²) in [5.74, 6) is 0. The zero-order valence-electron chi connectivity index (χ0n) is 9.21. The Morgan fingerprint density at radius 1 is 1.08 bits per heavy atom. The van der Waals surface area contributed by atoms with Crippen molar-refractivity contribution in [1.29, 1.82) is 0 Å². The molecule has 2 nitrogen and oxygen atoms in total. The summed E-state index contributed by atoms with van der Waals surface area (Å²) >= 11 is 0. The fourth-order valence-electron chi connectivity index (χ4n) is 2.93. The molecule has 0 saturated carbocycles. The molecular formula is C11H22N2. The normalized spacial score (nSPS) is 29.5. The Balaban J connectivity index is 1.83. The minimum absolute atomic E-state index is 0.722. The highest BCUT2D eigenvalue weighted by Gasteiger charge is 2.43. The number of likely N-dealkylation sites (tertiary alicyclic amines) is 2. The Bertz CT molecular complexity index is 173. The summed E-state index contributed by atoms with van der Waals surface area (Å²) in [7, 11) is 2.24. The van der Waals surface area contributed by atoms with Crippen molar-refractivity contribution < 1.29 is 0 Å². The topological polar surface area (TPSA) is 6.48 Å². The average Bonchev–Trinajstić information content (AvgIpc) is 2.03. The van der Waals surface area contributed by atoms with Crippen LogP contribution in [0.15, 0.2) is 0 Å². The first-order valence-electron chi connectivity index (χ1n) is 5.54. The second-order valence-electron chi connectivity index (χ2n) is 5.30. The van der Waals surface area contributed by atoms with Crippen molar-refractivity contribution in [1.82, 2.24) is 9.80 Å². The average molecular weight is 182 g/mol. The molecule has 2 heterocycles. The zero-order chi connectivity index (χ0) is 9.47. The molecule has 0 N–H and O–H groups in total. The third-order valence-corrected chi connectivity index (χ3v) is 3.80. The van der Waals surface area contributed by atoms with E-state index in [4.69, 9.17) is 0 Å². The smallest absolute Gasteiger partial charge is 0.00484 e. The monoisotopic (exact) mass is 182 g/mol. The Morgan fingerprint density at radius 2 is 1.62 bits per heavy atom. The van der Waals surface area contributed by atoms with Gasteiger partial charge < -0.3 is 9.80 Å². The highest BCUT2D eigenvalue weighted by Crippen LogP contribution is 2.39. The van der Waals surface area contributed by atoms with Crippen LogP contribution in [0, 0.1) is 5.41 Å². The lowest BCUT2D eigenvalue weighted by Crippen LogP contribution is -2.59. The summed E-state index contributed by atoms with van der Waals surface area (Å²) in [4.78, 5) is 5.06. The molecule has 2 aliphatic heterocycles. The minimum Gasteiger partial charge on any atom is -0.305 e. The van der Waals surface area contributed by atoms with Crippen LogP contribution in [0.3, 0.4) is 0 Å². The van der Waals surface area contributed by atoms with Crippen molar-refractivity contribution in [2.24, 2.45) is 5.41 Å². The third-order valence-electron chi connectivity index (χ3n) is 3.80. The van der Waals surface area contributed by atoms with Gasteiger partial charge in [0.15, 0.2) is 0 Å². The van der Waals surface area contributed by atoms with E-state index in [1.807, 2.05) is 0 Å². The van der Waals surface area contributed by atoms with Crippen LogP contribution in [0.5, 0.6) is 0 Å². The van der Waals surface area contributed by atoms with Crippen LogP contribution < -0.4 is 0 Å². The van der Waals surface area contributed by atoms with Gasteiger partial charge in [0, 0.05) is 19.1 Å². The Hall–Kier alpha value is -0.0800. The van der Waals surface area contributed by atoms with Gasteiger partial charge in [0.25, 0.3) is 0 Å². The second kappa shape index (κ2) is 3.25. The van der Waals surface area contributed by atoms with Crippen LogP contribution in [0.2, 0.25) is 0 Å². The first-order chi connectivity index (χ1) is 6.11. The number of hydrogen-bond acceptors (Lipinski definition) is 2. The lowest BCUT2D eigenvalue weighted by Gasteiger charge is -2.53. The molecular weight excluding hydrogens is 160 g/mol. The second-order valence-corrected chi connectivity index (χ2v) is 5.30. The Labute approximate surface area is 81.9 Å². The van der Waals surface area contributed by atoms with Crippen molar-refractivity contribution in [3.63, 3.8) is 0 Å². The van der Waals surface area contributed by atoms with Gasteiger partial charge in [0.1, 0.15) is 0 Å². The molecule has 0 amide bonds. The maximum absolute atomic E-state index is 2.61. The van der Waals surface area contributed by atoms with Gasteiger partial charge in [-0.1, -0.05) is 0 Å². The molecule has 2 heteroatoms. The molecule has 0 aromatic rings. The van der Waals surface area contributed by atoms with Gasteiger partial charge in [0.2, 0.25) is 0 Å². The van der Waals surface area contributed by atoms with E-state index < -0.39 is 0 Å². The van der Waals surface area contributed by atoms with Crippen LogP contribution in [0.25, 0.3) is 0 Å². The summed E-state index contributed by atoms with van der Waals surface area (Å²) < 4.78 is 0. The molecule has 0 radical (unpaired) electrons.